The molecule has 2 nitrogen and oxygen atoms in total. The molecule has 0 aliphatic carbocycles. The van der Waals surface area contributed by atoms with Crippen molar-refractivity contribution in [2.75, 3.05) is 6.61 Å². The smallest absolute Gasteiger partial charge is 0.131 e. The summed E-state index contributed by atoms with van der Waals surface area (Å²) in [6, 6.07) is 0. The SMILES string of the molecule is OC[C@@H]1CCC(Cl)O1. The van der Waals surface area contributed by atoms with Crippen molar-refractivity contribution < 1.29 is 9.84 Å². The monoisotopic (exact) mass is 136 g/mol. The number of halogens is 1. The normalized spacial score (nSPS) is 38.2. The maximum atomic E-state index is 8.50. The van der Waals surface area contributed by atoms with E-state index in [4.69, 9.17) is 21.4 Å². The van der Waals surface area contributed by atoms with Crippen molar-refractivity contribution in [3.05, 3.63) is 0 Å². The lowest BCUT2D eigenvalue weighted by Gasteiger charge is -2.03. The molecular formula is C5H9ClO2. The molecule has 0 saturated carbocycles. The van der Waals surface area contributed by atoms with Crippen LogP contribution in [0.3, 0.4) is 0 Å². The van der Waals surface area contributed by atoms with Gasteiger partial charge in [0.25, 0.3) is 0 Å². The lowest BCUT2D eigenvalue weighted by molar-refractivity contribution is 0.0435. The Balaban J connectivity index is 2.22. The molecule has 8 heavy (non-hydrogen) atoms. The largest absolute Gasteiger partial charge is 0.394 e. The summed E-state index contributed by atoms with van der Waals surface area (Å²) in [5.74, 6) is 0. The predicted molar refractivity (Wildman–Crippen MR) is 30.8 cm³/mol. The summed E-state index contributed by atoms with van der Waals surface area (Å²) in [6.07, 6.45) is 1.76. The van der Waals surface area contributed by atoms with Crippen LogP contribution in [0.15, 0.2) is 0 Å². The maximum Gasteiger partial charge on any atom is 0.131 e. The van der Waals surface area contributed by atoms with E-state index in [1.807, 2.05) is 0 Å². The average molecular weight is 137 g/mol. The summed E-state index contributed by atoms with van der Waals surface area (Å²) in [5, 5.41) is 8.50. The van der Waals surface area contributed by atoms with E-state index >= 15 is 0 Å². The fraction of sp³-hybridized carbons (Fsp3) is 1.00. The minimum atomic E-state index is -0.160. The lowest BCUT2D eigenvalue weighted by Crippen LogP contribution is -2.11. The summed E-state index contributed by atoms with van der Waals surface area (Å²) in [6.45, 7) is 0.100. The van der Waals surface area contributed by atoms with E-state index in [1.54, 1.807) is 0 Å². The zero-order chi connectivity index (χ0) is 5.98. The van der Waals surface area contributed by atoms with Gasteiger partial charge in [-0.1, -0.05) is 11.6 Å². The topological polar surface area (TPSA) is 29.5 Å². The summed E-state index contributed by atoms with van der Waals surface area (Å²) in [7, 11) is 0. The number of alkyl halides is 1. The summed E-state index contributed by atoms with van der Waals surface area (Å²) >= 11 is 5.55. The van der Waals surface area contributed by atoms with Crippen molar-refractivity contribution in [2.24, 2.45) is 0 Å². The molecule has 0 aromatic carbocycles. The van der Waals surface area contributed by atoms with Gasteiger partial charge in [0.2, 0.25) is 0 Å². The second kappa shape index (κ2) is 2.67. The van der Waals surface area contributed by atoms with Gasteiger partial charge < -0.3 is 9.84 Å². The quantitative estimate of drug-likeness (QED) is 0.539. The molecule has 48 valence electrons. The Kier molecular flexibility index (Phi) is 2.11. The Morgan fingerprint density at radius 2 is 2.38 bits per heavy atom. The number of hydrogen-bond acceptors (Lipinski definition) is 2. The molecule has 2 atom stereocenters. The van der Waals surface area contributed by atoms with E-state index in [0.717, 1.165) is 12.8 Å². The van der Waals surface area contributed by atoms with E-state index in [1.165, 1.54) is 0 Å². The average Bonchev–Trinajstić information content (AvgIpc) is 2.14. The van der Waals surface area contributed by atoms with Crippen LogP contribution in [-0.2, 0) is 4.74 Å². The van der Waals surface area contributed by atoms with E-state index < -0.39 is 0 Å². The first kappa shape index (κ1) is 6.33. The van der Waals surface area contributed by atoms with Crippen LogP contribution in [0, 0.1) is 0 Å². The first-order chi connectivity index (χ1) is 3.83. The number of aliphatic hydroxyl groups is 1. The maximum absolute atomic E-state index is 8.50. The second-order valence-corrected chi connectivity index (χ2v) is 2.41. The third kappa shape index (κ3) is 1.34. The zero-order valence-electron chi connectivity index (χ0n) is 4.51. The number of aliphatic hydroxyl groups excluding tert-OH is 1. The van der Waals surface area contributed by atoms with E-state index in [9.17, 15) is 0 Å². The van der Waals surface area contributed by atoms with E-state index in [2.05, 4.69) is 0 Å². The highest BCUT2D eigenvalue weighted by Gasteiger charge is 2.21. The van der Waals surface area contributed by atoms with E-state index in [0.29, 0.717) is 0 Å². The Labute approximate surface area is 53.4 Å². The molecule has 1 rings (SSSR count). The fourth-order valence-electron chi connectivity index (χ4n) is 0.796. The minimum absolute atomic E-state index is 0.00231. The van der Waals surface area contributed by atoms with Crippen LogP contribution in [0.1, 0.15) is 12.8 Å². The van der Waals surface area contributed by atoms with Gasteiger partial charge >= 0.3 is 0 Å². The van der Waals surface area contributed by atoms with Crippen LogP contribution in [-0.4, -0.2) is 23.4 Å². The zero-order valence-corrected chi connectivity index (χ0v) is 5.27. The van der Waals surface area contributed by atoms with Gasteiger partial charge in [0.1, 0.15) is 5.56 Å². The summed E-state index contributed by atoms with van der Waals surface area (Å²) in [5.41, 5.74) is -0.160. The van der Waals surface area contributed by atoms with Gasteiger partial charge in [0, 0.05) is 0 Å². The number of rotatable bonds is 1. The molecule has 1 aliphatic rings. The molecule has 0 bridgehead atoms. The third-order valence-electron chi connectivity index (χ3n) is 1.26. The van der Waals surface area contributed by atoms with Crippen molar-refractivity contribution in [3.63, 3.8) is 0 Å². The highest BCUT2D eigenvalue weighted by Crippen LogP contribution is 2.21. The first-order valence-electron chi connectivity index (χ1n) is 2.73. The van der Waals surface area contributed by atoms with Crippen LogP contribution in [0.25, 0.3) is 0 Å². The molecule has 1 fully saturated rings. The third-order valence-corrected chi connectivity index (χ3v) is 1.58. The van der Waals surface area contributed by atoms with Crippen molar-refractivity contribution in [1.29, 1.82) is 0 Å². The van der Waals surface area contributed by atoms with Crippen molar-refractivity contribution in [1.82, 2.24) is 0 Å². The van der Waals surface area contributed by atoms with Gasteiger partial charge in [0.15, 0.2) is 0 Å². The molecule has 1 aliphatic heterocycles. The fourth-order valence-corrected chi connectivity index (χ4v) is 1.07. The molecule has 1 heterocycles. The van der Waals surface area contributed by atoms with Gasteiger partial charge in [-0.25, -0.2) is 0 Å². The van der Waals surface area contributed by atoms with Crippen LogP contribution in [0.4, 0.5) is 0 Å². The standard InChI is InChI=1S/C5H9ClO2/c6-5-2-1-4(3-7)8-5/h4-5,7H,1-3H2/t4-,5?/m0/s1. The second-order valence-electron chi connectivity index (χ2n) is 1.93. The summed E-state index contributed by atoms with van der Waals surface area (Å²) < 4.78 is 5.03. The Bertz CT molecular complexity index is 76.8. The molecule has 1 N–H and O–H groups in total. The first-order valence-corrected chi connectivity index (χ1v) is 3.17. The molecule has 1 unspecified atom stereocenters. The van der Waals surface area contributed by atoms with Gasteiger partial charge in [-0.2, -0.15) is 0 Å². The van der Waals surface area contributed by atoms with Crippen LogP contribution < -0.4 is 0 Å². The highest BCUT2D eigenvalue weighted by atomic mass is 35.5. The molecule has 0 spiro atoms. The van der Waals surface area contributed by atoms with Crippen LogP contribution >= 0.6 is 11.6 Å². The Morgan fingerprint density at radius 1 is 1.62 bits per heavy atom. The van der Waals surface area contributed by atoms with Crippen LogP contribution in [0.5, 0.6) is 0 Å². The van der Waals surface area contributed by atoms with E-state index in [-0.39, 0.29) is 18.3 Å². The Hall–Kier alpha value is 0.210. The molecular weight excluding hydrogens is 128 g/mol. The van der Waals surface area contributed by atoms with Crippen molar-refractivity contribution >= 4 is 11.6 Å². The van der Waals surface area contributed by atoms with Crippen LogP contribution in [0.2, 0.25) is 0 Å². The molecule has 0 aromatic rings. The highest BCUT2D eigenvalue weighted by molar-refractivity contribution is 6.19. The van der Waals surface area contributed by atoms with Gasteiger partial charge in [-0.3, -0.25) is 0 Å². The predicted octanol–water partition coefficient (Wildman–Crippen LogP) is 0.723. The van der Waals surface area contributed by atoms with Crippen molar-refractivity contribution in [3.8, 4) is 0 Å². The minimum Gasteiger partial charge on any atom is -0.394 e. The molecule has 0 aromatic heterocycles. The summed E-state index contributed by atoms with van der Waals surface area (Å²) in [4.78, 5) is 0. The number of hydrogen-bond donors (Lipinski definition) is 1. The van der Waals surface area contributed by atoms with Gasteiger partial charge in [-0.15, -0.1) is 0 Å². The van der Waals surface area contributed by atoms with Gasteiger partial charge in [0.05, 0.1) is 12.7 Å². The molecule has 0 amide bonds. The van der Waals surface area contributed by atoms with Crippen molar-refractivity contribution in [2.45, 2.75) is 24.5 Å². The number of ether oxygens (including phenoxy) is 1. The lowest BCUT2D eigenvalue weighted by atomic mass is 10.2. The molecule has 1 saturated heterocycles. The molecule has 3 heteroatoms. The van der Waals surface area contributed by atoms with Gasteiger partial charge in [-0.05, 0) is 12.8 Å². The molecule has 0 radical (unpaired) electrons. The Morgan fingerprint density at radius 3 is 2.62 bits per heavy atom.